The first kappa shape index (κ1) is 38.7. The lowest BCUT2D eigenvalue weighted by atomic mass is 9.95. The van der Waals surface area contributed by atoms with E-state index in [1.807, 2.05) is 18.2 Å². The summed E-state index contributed by atoms with van der Waals surface area (Å²) < 4.78 is 6.23. The van der Waals surface area contributed by atoms with Gasteiger partial charge in [-0.1, -0.05) is 0 Å². The quantitative estimate of drug-likeness (QED) is 0.213. The predicted molar refractivity (Wildman–Crippen MR) is 225 cm³/mol. The van der Waals surface area contributed by atoms with Crippen LogP contribution in [0.3, 0.4) is 0 Å². The molecular weight excluding hydrogens is 763 g/mol. The average molecular weight is 816 g/mol. The van der Waals surface area contributed by atoms with E-state index in [4.69, 9.17) is 4.74 Å². The number of aromatic amines is 1. The van der Waals surface area contributed by atoms with E-state index in [0.29, 0.717) is 17.0 Å². The van der Waals surface area contributed by atoms with Crippen molar-refractivity contribution in [1.29, 1.82) is 0 Å². The van der Waals surface area contributed by atoms with Crippen LogP contribution in [-0.2, 0) is 9.59 Å². The summed E-state index contributed by atoms with van der Waals surface area (Å²) >= 11 is 0. The second-order valence-corrected chi connectivity index (χ2v) is 17.7. The number of nitrogens with zero attached hydrogens (tertiary/aromatic N) is 9. The van der Waals surface area contributed by atoms with Gasteiger partial charge >= 0.3 is 0 Å². The molecule has 0 bridgehead atoms. The highest BCUT2D eigenvalue weighted by Crippen LogP contribution is 2.41. The Bertz CT molecular complexity index is 2300. The average Bonchev–Trinajstić information content (AvgIpc) is 3.75. The van der Waals surface area contributed by atoms with Crippen molar-refractivity contribution >= 4 is 46.0 Å². The molecule has 2 aromatic carbocycles. The van der Waals surface area contributed by atoms with Crippen LogP contribution in [0.1, 0.15) is 66.2 Å². The van der Waals surface area contributed by atoms with Crippen molar-refractivity contribution in [2.75, 3.05) is 94.9 Å². The fourth-order valence-corrected chi connectivity index (χ4v) is 9.54. The molecule has 2 aromatic heterocycles. The van der Waals surface area contributed by atoms with Crippen molar-refractivity contribution in [3.63, 3.8) is 0 Å². The van der Waals surface area contributed by atoms with Gasteiger partial charge in [-0.3, -0.25) is 44.3 Å². The second kappa shape index (κ2) is 15.9. The Morgan fingerprint density at radius 3 is 2.20 bits per heavy atom. The van der Waals surface area contributed by atoms with Crippen LogP contribution in [-0.4, -0.2) is 160 Å². The zero-order chi connectivity index (χ0) is 41.0. The topological polar surface area (TPSA) is 163 Å². The van der Waals surface area contributed by atoms with Gasteiger partial charge in [0.2, 0.25) is 11.8 Å². The number of carbonyl (C=O) groups is 4. The fraction of sp³-hybridized carbons (Fsp3) is 0.523. The van der Waals surface area contributed by atoms with Gasteiger partial charge in [0.1, 0.15) is 35.2 Å². The molecule has 5 fully saturated rings. The molecule has 0 spiro atoms. The summed E-state index contributed by atoms with van der Waals surface area (Å²) in [6, 6.07) is 12.6. The van der Waals surface area contributed by atoms with E-state index < -0.39 is 23.8 Å². The lowest BCUT2D eigenvalue weighted by Crippen LogP contribution is -2.54. The Morgan fingerprint density at radius 2 is 1.47 bits per heavy atom. The normalized spacial score (nSPS) is 23.1. The molecule has 16 nitrogen and oxygen atoms in total. The number of hydrogen-bond acceptors (Lipinski definition) is 13. The molecule has 60 heavy (non-hydrogen) atoms. The molecule has 7 heterocycles. The number of carbonyl (C=O) groups excluding carboxylic acids is 4. The number of benzene rings is 2. The van der Waals surface area contributed by atoms with Gasteiger partial charge in [-0.05, 0) is 81.3 Å². The van der Waals surface area contributed by atoms with Crippen molar-refractivity contribution < 1.29 is 23.9 Å². The van der Waals surface area contributed by atoms with Crippen molar-refractivity contribution in [2.45, 2.75) is 57.1 Å². The Hall–Kier alpha value is -5.45. The third-order valence-electron chi connectivity index (χ3n) is 13.6. The predicted octanol–water partition coefficient (Wildman–Crippen LogP) is 3.01. The third-order valence-corrected chi connectivity index (χ3v) is 13.6. The number of piperidine rings is 2. The molecule has 6 aliphatic rings. The smallest absolute Gasteiger partial charge is 0.262 e. The lowest BCUT2D eigenvalue weighted by molar-refractivity contribution is -0.136. The molecule has 1 saturated carbocycles. The maximum absolute atomic E-state index is 13.3. The molecule has 4 saturated heterocycles. The first-order valence-electron chi connectivity index (χ1n) is 21.7. The molecule has 0 radical (unpaired) electrons. The summed E-state index contributed by atoms with van der Waals surface area (Å²) in [5.41, 5.74) is 4.13. The number of ether oxygens (including phenoxy) is 1. The molecular formula is C44H53N11O5. The molecule has 1 aliphatic carbocycles. The number of fused-ring (bicyclic) bond motifs is 2. The summed E-state index contributed by atoms with van der Waals surface area (Å²) in [5, 5.41) is 11.0. The summed E-state index contributed by atoms with van der Waals surface area (Å²) in [6.07, 6.45) is 6.24. The van der Waals surface area contributed by atoms with Gasteiger partial charge in [0, 0.05) is 109 Å². The van der Waals surface area contributed by atoms with Crippen molar-refractivity contribution in [2.24, 2.45) is 5.92 Å². The van der Waals surface area contributed by atoms with Gasteiger partial charge in [0.15, 0.2) is 0 Å². The van der Waals surface area contributed by atoms with E-state index in [1.54, 1.807) is 18.5 Å². The van der Waals surface area contributed by atoms with E-state index in [9.17, 15) is 19.2 Å². The number of hydrogen-bond donors (Lipinski definition) is 2. The van der Waals surface area contributed by atoms with Crippen LogP contribution in [0.2, 0.25) is 0 Å². The number of anilines is 2. The van der Waals surface area contributed by atoms with E-state index in [-0.39, 0.29) is 24.3 Å². The second-order valence-electron chi connectivity index (χ2n) is 17.7. The number of amides is 4. The van der Waals surface area contributed by atoms with Crippen LogP contribution in [0.25, 0.3) is 22.3 Å². The van der Waals surface area contributed by atoms with Crippen LogP contribution in [0.5, 0.6) is 5.75 Å². The van der Waals surface area contributed by atoms with E-state index in [0.717, 1.165) is 155 Å². The van der Waals surface area contributed by atoms with Crippen molar-refractivity contribution in [3.8, 4) is 17.1 Å². The van der Waals surface area contributed by atoms with Gasteiger partial charge < -0.3 is 19.4 Å². The largest absolute Gasteiger partial charge is 0.488 e. The highest BCUT2D eigenvalue weighted by molar-refractivity contribution is 6.23. The minimum atomic E-state index is -0.952. The van der Waals surface area contributed by atoms with Crippen LogP contribution < -0.4 is 19.9 Å². The third kappa shape index (κ3) is 7.83. The van der Waals surface area contributed by atoms with Crippen LogP contribution in [0, 0.1) is 5.92 Å². The molecule has 5 aliphatic heterocycles. The highest BCUT2D eigenvalue weighted by Gasteiger charge is 2.45. The Kier molecular flexibility index (Phi) is 10.2. The Balaban J connectivity index is 0.649. The van der Waals surface area contributed by atoms with Crippen molar-refractivity contribution in [3.05, 3.63) is 59.9 Å². The molecule has 4 amide bonds. The summed E-state index contributed by atoms with van der Waals surface area (Å²) in [6.45, 7) is 15.4. The van der Waals surface area contributed by atoms with Crippen LogP contribution >= 0.6 is 0 Å². The maximum atomic E-state index is 13.3. The lowest BCUT2D eigenvalue weighted by Gasteiger charge is -2.40. The minimum absolute atomic E-state index is 0.0432. The monoisotopic (exact) mass is 815 g/mol. The first-order chi connectivity index (χ1) is 29.2. The van der Waals surface area contributed by atoms with Gasteiger partial charge in [0.05, 0.1) is 22.3 Å². The molecule has 314 valence electrons. The number of H-pyrrole nitrogens is 1. The zero-order valence-corrected chi connectivity index (χ0v) is 34.3. The van der Waals surface area contributed by atoms with Crippen LogP contribution in [0.4, 0.5) is 11.5 Å². The van der Waals surface area contributed by atoms with Gasteiger partial charge in [0.25, 0.3) is 11.8 Å². The standard InChI is InChI=1S/C44H53N11O5/c1-44(10-11-44)60-31-3-5-35-34(25-31)40(49-48-35)36-26-38(46-28-45-36)54-22-20-51(21-23-54)15-14-50-16-18-52(19-17-50)27-29-8-12-53(13-9-29)30-2-4-32-33(24-30)43(59)55(42(32)58)37-6-7-39(56)47-41(37)57/h2-5,24-26,28-29,37H,6-23,27H2,1H3,(H,48,49)(H,47,56,57). The number of rotatable bonds is 11. The summed E-state index contributed by atoms with van der Waals surface area (Å²) in [4.78, 5) is 73.3. The maximum Gasteiger partial charge on any atom is 0.262 e. The molecule has 16 heteroatoms. The van der Waals surface area contributed by atoms with Gasteiger partial charge in [-0.25, -0.2) is 9.97 Å². The van der Waals surface area contributed by atoms with Crippen LogP contribution in [0.15, 0.2) is 48.8 Å². The fourth-order valence-electron chi connectivity index (χ4n) is 9.54. The zero-order valence-electron chi connectivity index (χ0n) is 34.3. The van der Waals surface area contributed by atoms with E-state index in [2.05, 4.69) is 69.0 Å². The molecule has 2 N–H and O–H groups in total. The van der Waals surface area contributed by atoms with E-state index in [1.165, 1.54) is 0 Å². The molecule has 10 rings (SSSR count). The van der Waals surface area contributed by atoms with Gasteiger partial charge in [-0.15, -0.1) is 0 Å². The minimum Gasteiger partial charge on any atom is -0.488 e. The number of imide groups is 2. The van der Waals surface area contributed by atoms with E-state index >= 15 is 0 Å². The SMILES string of the molecule is CC1(Oc2ccc3[nH]nc(-c4cc(N5CCN(CCN6CCN(CC7CCN(c8ccc9c(c8)C(=O)N(C8CCC(=O)NC8=O)C9=O)CC7)CC6)CC5)ncn4)c3c2)CC1. The number of piperazine rings is 2. The molecule has 4 aromatic rings. The Morgan fingerprint density at radius 1 is 0.750 bits per heavy atom. The first-order valence-corrected chi connectivity index (χ1v) is 21.7. The van der Waals surface area contributed by atoms with Gasteiger partial charge in [-0.2, -0.15) is 5.10 Å². The Labute approximate surface area is 349 Å². The van der Waals surface area contributed by atoms with Crippen molar-refractivity contribution in [1.82, 2.24) is 45.1 Å². The highest BCUT2D eigenvalue weighted by atomic mass is 16.5. The summed E-state index contributed by atoms with van der Waals surface area (Å²) in [5.74, 6) is 0.536. The number of aromatic nitrogens is 4. The molecule has 1 unspecified atom stereocenters. The number of nitrogens with one attached hydrogen (secondary N) is 2. The summed E-state index contributed by atoms with van der Waals surface area (Å²) in [7, 11) is 0. The molecule has 1 atom stereocenters.